The molecule has 0 bridgehead atoms. The molecule has 0 saturated carbocycles. The minimum Gasteiger partial charge on any atom is -0.508 e. The lowest BCUT2D eigenvalue weighted by molar-refractivity contribution is -0.138. The molecule has 0 amide bonds. The van der Waals surface area contributed by atoms with Gasteiger partial charge in [0.15, 0.2) is 0 Å². The highest BCUT2D eigenvalue weighted by Gasteiger charge is 2.20. The van der Waals surface area contributed by atoms with Gasteiger partial charge < -0.3 is 10.2 Å². The van der Waals surface area contributed by atoms with Crippen LogP contribution in [0.4, 0.5) is 0 Å². The number of hydrogen-bond acceptors (Lipinski definition) is 2. The van der Waals surface area contributed by atoms with Crippen LogP contribution in [0.2, 0.25) is 5.02 Å². The molecule has 14 heavy (non-hydrogen) atoms. The molecule has 0 saturated heterocycles. The highest BCUT2D eigenvalue weighted by molar-refractivity contribution is 6.31. The second-order valence-corrected chi connectivity index (χ2v) is 3.57. The Morgan fingerprint density at radius 2 is 2.07 bits per heavy atom. The Labute approximate surface area is 86.9 Å². The van der Waals surface area contributed by atoms with Crippen LogP contribution in [0.5, 0.6) is 5.75 Å². The Kier molecular flexibility index (Phi) is 3.01. The molecule has 0 aliphatic rings. The molecule has 0 aliphatic heterocycles. The number of halogens is 1. The van der Waals surface area contributed by atoms with Gasteiger partial charge in [-0.05, 0) is 31.5 Å². The van der Waals surface area contributed by atoms with Crippen molar-refractivity contribution >= 4 is 17.6 Å². The van der Waals surface area contributed by atoms with E-state index in [9.17, 15) is 9.90 Å². The summed E-state index contributed by atoms with van der Waals surface area (Å²) in [7, 11) is 0. The number of rotatable bonds is 2. The van der Waals surface area contributed by atoms with Gasteiger partial charge in [-0.3, -0.25) is 4.79 Å². The Morgan fingerprint density at radius 3 is 2.57 bits per heavy atom. The molecule has 3 nitrogen and oxygen atoms in total. The summed E-state index contributed by atoms with van der Waals surface area (Å²) in [6.07, 6.45) is 0. The zero-order chi connectivity index (χ0) is 10.9. The number of benzene rings is 1. The van der Waals surface area contributed by atoms with Crippen molar-refractivity contribution in [3.8, 4) is 5.75 Å². The van der Waals surface area contributed by atoms with E-state index in [4.69, 9.17) is 16.7 Å². The SMILES string of the molecule is Cc1c(Cl)ccc(O)c1C(C)C(=O)O. The second-order valence-electron chi connectivity index (χ2n) is 3.17. The van der Waals surface area contributed by atoms with Gasteiger partial charge in [-0.25, -0.2) is 0 Å². The highest BCUT2D eigenvalue weighted by atomic mass is 35.5. The van der Waals surface area contributed by atoms with Crippen LogP contribution in [0.15, 0.2) is 12.1 Å². The van der Waals surface area contributed by atoms with Crippen LogP contribution >= 0.6 is 11.6 Å². The highest BCUT2D eigenvalue weighted by Crippen LogP contribution is 2.33. The van der Waals surface area contributed by atoms with Crippen LogP contribution in [0, 0.1) is 6.92 Å². The number of carboxylic acid groups (broad SMARTS) is 1. The Hall–Kier alpha value is -1.22. The first kappa shape index (κ1) is 10.9. The van der Waals surface area contributed by atoms with Crippen molar-refractivity contribution in [2.75, 3.05) is 0 Å². The molecule has 0 aliphatic carbocycles. The molecule has 4 heteroatoms. The quantitative estimate of drug-likeness (QED) is 0.796. The summed E-state index contributed by atoms with van der Waals surface area (Å²) in [4.78, 5) is 10.8. The Morgan fingerprint density at radius 1 is 1.50 bits per heavy atom. The molecule has 0 aromatic heterocycles. The molecule has 76 valence electrons. The summed E-state index contributed by atoms with van der Waals surface area (Å²) in [5.74, 6) is -1.76. The lowest BCUT2D eigenvalue weighted by atomic mass is 9.95. The summed E-state index contributed by atoms with van der Waals surface area (Å²) in [6.45, 7) is 3.21. The van der Waals surface area contributed by atoms with Crippen molar-refractivity contribution in [1.29, 1.82) is 0 Å². The van der Waals surface area contributed by atoms with E-state index >= 15 is 0 Å². The van der Waals surface area contributed by atoms with Crippen molar-refractivity contribution in [1.82, 2.24) is 0 Å². The van der Waals surface area contributed by atoms with Crippen molar-refractivity contribution < 1.29 is 15.0 Å². The first-order valence-electron chi connectivity index (χ1n) is 4.16. The average Bonchev–Trinajstić information content (AvgIpc) is 2.12. The fourth-order valence-corrected chi connectivity index (χ4v) is 1.52. The van der Waals surface area contributed by atoms with E-state index in [1.807, 2.05) is 0 Å². The van der Waals surface area contributed by atoms with Crippen molar-refractivity contribution in [2.24, 2.45) is 0 Å². The first-order valence-corrected chi connectivity index (χ1v) is 4.53. The molecule has 1 rings (SSSR count). The van der Waals surface area contributed by atoms with E-state index in [1.165, 1.54) is 13.0 Å². The van der Waals surface area contributed by atoms with E-state index < -0.39 is 11.9 Å². The van der Waals surface area contributed by atoms with Crippen LogP contribution in [-0.4, -0.2) is 16.2 Å². The van der Waals surface area contributed by atoms with Crippen LogP contribution in [-0.2, 0) is 4.79 Å². The van der Waals surface area contributed by atoms with Crippen LogP contribution < -0.4 is 0 Å². The minimum atomic E-state index is -0.981. The van der Waals surface area contributed by atoms with E-state index in [-0.39, 0.29) is 5.75 Å². The van der Waals surface area contributed by atoms with Gasteiger partial charge in [-0.1, -0.05) is 11.6 Å². The van der Waals surface area contributed by atoms with Gasteiger partial charge in [0.25, 0.3) is 0 Å². The molecule has 0 fully saturated rings. The van der Waals surface area contributed by atoms with E-state index in [0.717, 1.165) is 0 Å². The number of phenolic OH excluding ortho intramolecular Hbond substituents is 1. The lowest BCUT2D eigenvalue weighted by Crippen LogP contribution is -2.09. The number of hydrogen-bond donors (Lipinski definition) is 2. The summed E-state index contributed by atoms with van der Waals surface area (Å²) >= 11 is 5.83. The zero-order valence-electron chi connectivity index (χ0n) is 7.91. The Bertz CT molecular complexity index is 374. The molecule has 0 radical (unpaired) electrons. The van der Waals surface area contributed by atoms with Gasteiger partial charge >= 0.3 is 5.97 Å². The van der Waals surface area contributed by atoms with Crippen LogP contribution in [0.1, 0.15) is 24.0 Å². The summed E-state index contributed by atoms with van der Waals surface area (Å²) in [6, 6.07) is 2.95. The van der Waals surface area contributed by atoms with Gasteiger partial charge in [0.05, 0.1) is 5.92 Å². The molecule has 2 N–H and O–H groups in total. The van der Waals surface area contributed by atoms with Crippen molar-refractivity contribution in [2.45, 2.75) is 19.8 Å². The minimum absolute atomic E-state index is 0.0261. The Balaban J connectivity index is 3.32. The smallest absolute Gasteiger partial charge is 0.310 e. The predicted octanol–water partition coefficient (Wildman–Crippen LogP) is 2.54. The van der Waals surface area contributed by atoms with Crippen LogP contribution in [0.25, 0.3) is 0 Å². The second kappa shape index (κ2) is 3.88. The number of carboxylic acids is 1. The maximum atomic E-state index is 10.8. The molecule has 0 spiro atoms. The van der Waals surface area contributed by atoms with Crippen molar-refractivity contribution in [3.05, 3.63) is 28.3 Å². The molecule has 1 unspecified atom stereocenters. The third-order valence-corrected chi connectivity index (χ3v) is 2.64. The summed E-state index contributed by atoms with van der Waals surface area (Å²) in [5.41, 5.74) is 0.992. The topological polar surface area (TPSA) is 57.5 Å². The zero-order valence-corrected chi connectivity index (χ0v) is 8.67. The van der Waals surface area contributed by atoms with Crippen LogP contribution in [0.3, 0.4) is 0 Å². The van der Waals surface area contributed by atoms with Gasteiger partial charge in [-0.15, -0.1) is 0 Å². The molecular weight excluding hydrogens is 204 g/mol. The fourth-order valence-electron chi connectivity index (χ4n) is 1.36. The molecule has 0 heterocycles. The fraction of sp³-hybridized carbons (Fsp3) is 0.300. The summed E-state index contributed by atoms with van der Waals surface area (Å²) in [5, 5.41) is 18.8. The number of aromatic hydroxyl groups is 1. The van der Waals surface area contributed by atoms with Gasteiger partial charge in [-0.2, -0.15) is 0 Å². The largest absolute Gasteiger partial charge is 0.508 e. The maximum Gasteiger partial charge on any atom is 0.310 e. The number of phenols is 1. The average molecular weight is 215 g/mol. The molecule has 1 aromatic carbocycles. The first-order chi connectivity index (χ1) is 6.45. The van der Waals surface area contributed by atoms with E-state index in [1.54, 1.807) is 13.0 Å². The third kappa shape index (κ3) is 1.82. The lowest BCUT2D eigenvalue weighted by Gasteiger charge is -2.13. The van der Waals surface area contributed by atoms with Gasteiger partial charge in [0.1, 0.15) is 5.75 Å². The number of aliphatic carboxylic acids is 1. The summed E-state index contributed by atoms with van der Waals surface area (Å²) < 4.78 is 0. The molecule has 1 atom stereocenters. The number of carbonyl (C=O) groups is 1. The molecule has 1 aromatic rings. The normalized spacial score (nSPS) is 12.5. The van der Waals surface area contributed by atoms with Crippen molar-refractivity contribution in [3.63, 3.8) is 0 Å². The van der Waals surface area contributed by atoms with Gasteiger partial charge in [0, 0.05) is 10.6 Å². The third-order valence-electron chi connectivity index (χ3n) is 2.23. The monoisotopic (exact) mass is 214 g/mol. The van der Waals surface area contributed by atoms with Gasteiger partial charge in [0.2, 0.25) is 0 Å². The maximum absolute atomic E-state index is 10.8. The van der Waals surface area contributed by atoms with E-state index in [0.29, 0.717) is 16.1 Å². The predicted molar refractivity (Wildman–Crippen MR) is 53.9 cm³/mol. The van der Waals surface area contributed by atoms with E-state index in [2.05, 4.69) is 0 Å². The standard InChI is InChI=1S/C10H11ClO3/c1-5-7(11)3-4-8(12)9(5)6(2)10(13)14/h3-4,6,12H,1-2H3,(H,13,14). The molecular formula is C10H11ClO3.